The first-order valence-corrected chi connectivity index (χ1v) is 20.2. The van der Waals surface area contributed by atoms with Crippen molar-refractivity contribution in [2.75, 3.05) is 26.4 Å². The number of rotatable bonds is 31. The lowest BCUT2D eigenvalue weighted by molar-refractivity contribution is -0.161. The van der Waals surface area contributed by atoms with Gasteiger partial charge in [-0.2, -0.15) is 0 Å². The van der Waals surface area contributed by atoms with Crippen molar-refractivity contribution in [3.8, 4) is 0 Å². The molecule has 0 radical (unpaired) electrons. The second kappa shape index (κ2) is 26.9. The molecule has 0 heterocycles. The molecule has 0 amide bonds. The van der Waals surface area contributed by atoms with E-state index in [4.69, 9.17) is 24.3 Å². The Morgan fingerprint density at radius 2 is 1.04 bits per heavy atom. The normalized spacial score (nSPS) is 12.7. The van der Waals surface area contributed by atoms with E-state index < -0.39 is 32.5 Å². The van der Waals surface area contributed by atoms with Crippen LogP contribution in [0, 0.1) is 0 Å². The summed E-state index contributed by atoms with van der Waals surface area (Å²) in [6, 6.07) is 14.8. The third-order valence-corrected chi connectivity index (χ3v) is 9.51. The van der Waals surface area contributed by atoms with E-state index >= 15 is 0 Å². The Labute approximate surface area is 314 Å². The highest BCUT2D eigenvalue weighted by Crippen LogP contribution is 2.43. The van der Waals surface area contributed by atoms with E-state index in [1.54, 1.807) is 12.2 Å². The topological polar surface area (TPSA) is 169 Å². The van der Waals surface area contributed by atoms with Gasteiger partial charge in [0.2, 0.25) is 0 Å². The van der Waals surface area contributed by atoms with Crippen molar-refractivity contribution >= 4 is 43.5 Å². The minimum Gasteiger partial charge on any atom is -0.462 e. The van der Waals surface area contributed by atoms with Crippen LogP contribution in [-0.2, 0) is 32.7 Å². The maximum atomic E-state index is 12.6. The number of benzene rings is 2. The van der Waals surface area contributed by atoms with E-state index in [9.17, 15) is 28.6 Å². The second-order valence-corrected chi connectivity index (χ2v) is 14.4. The molecule has 2 aromatic rings. The first kappa shape index (κ1) is 45.4. The van der Waals surface area contributed by atoms with Crippen molar-refractivity contribution in [1.29, 1.82) is 0 Å². The first-order chi connectivity index (χ1) is 25.6. The average Bonchev–Trinajstić information content (AvgIpc) is 3.16. The van der Waals surface area contributed by atoms with Crippen LogP contribution < -0.4 is 5.73 Å². The number of phosphoric acid groups is 1. The molecule has 2 aromatic carbocycles. The lowest BCUT2D eigenvalue weighted by Gasteiger charge is -2.19. The van der Waals surface area contributed by atoms with Gasteiger partial charge in [-0.1, -0.05) is 125 Å². The molecule has 0 saturated heterocycles. The van der Waals surface area contributed by atoms with Crippen LogP contribution >= 0.6 is 7.82 Å². The van der Waals surface area contributed by atoms with Gasteiger partial charge in [0.1, 0.15) is 6.61 Å². The van der Waals surface area contributed by atoms with Crippen molar-refractivity contribution in [2.24, 2.45) is 5.73 Å². The molecule has 2 rings (SSSR count). The summed E-state index contributed by atoms with van der Waals surface area (Å²) < 4.78 is 32.6. The number of nitrogens with two attached hydrogens (primary N) is 1. The van der Waals surface area contributed by atoms with Gasteiger partial charge in [0, 0.05) is 43.4 Å². The van der Waals surface area contributed by atoms with Gasteiger partial charge < -0.3 is 20.1 Å². The quantitative estimate of drug-likeness (QED) is 0.0326. The largest absolute Gasteiger partial charge is 0.472 e. The van der Waals surface area contributed by atoms with Crippen molar-refractivity contribution in [3.05, 3.63) is 83.9 Å². The predicted octanol–water partition coefficient (Wildman–Crippen LogP) is 8.83. The van der Waals surface area contributed by atoms with Crippen molar-refractivity contribution < 1.29 is 47.2 Å². The predicted molar refractivity (Wildman–Crippen MR) is 207 cm³/mol. The number of esters is 2. The number of carbonyl (C=O) groups excluding carboxylic acids is 4. The van der Waals surface area contributed by atoms with Crippen LogP contribution in [0.1, 0.15) is 135 Å². The standard InChI is InChI=1S/C41H58NO10P/c1-3-33-21-25-35(26-22-33)38(43)17-13-9-5-7-11-15-19-40(45)49-31-37(32-51-53(47,48)50-30-29-42)52-41(46)20-16-12-8-6-10-14-18-39(44)36-27-23-34(4-2)24-28-36/h3-4,21-28,37H,1-2,5-20,29-32,42H2,(H,47,48)/t37-/m1/s1. The number of ketones is 2. The maximum absolute atomic E-state index is 12.6. The summed E-state index contributed by atoms with van der Waals surface area (Å²) in [4.78, 5) is 59.6. The lowest BCUT2D eigenvalue weighted by Crippen LogP contribution is -2.29. The van der Waals surface area contributed by atoms with Gasteiger partial charge in [-0.15, -0.1) is 0 Å². The third kappa shape index (κ3) is 20.9. The maximum Gasteiger partial charge on any atom is 0.472 e. The van der Waals surface area contributed by atoms with Crippen molar-refractivity contribution in [3.63, 3.8) is 0 Å². The van der Waals surface area contributed by atoms with E-state index in [-0.39, 0.29) is 44.2 Å². The number of Topliss-reactive ketones (excluding diaryl/α,β-unsaturated/α-hetero) is 2. The molecule has 53 heavy (non-hydrogen) atoms. The monoisotopic (exact) mass is 755 g/mol. The molecule has 0 aliphatic rings. The smallest absolute Gasteiger partial charge is 0.462 e. The Kier molecular flexibility index (Phi) is 23.1. The summed E-state index contributed by atoms with van der Waals surface area (Å²) in [5, 5.41) is 0. The molecule has 0 spiro atoms. The first-order valence-electron chi connectivity index (χ1n) is 18.7. The minimum atomic E-state index is -4.44. The van der Waals surface area contributed by atoms with Gasteiger partial charge in [-0.25, -0.2) is 4.57 Å². The second-order valence-electron chi connectivity index (χ2n) is 12.9. The highest BCUT2D eigenvalue weighted by atomic mass is 31.2. The van der Waals surface area contributed by atoms with Crippen LogP contribution in [0.4, 0.5) is 0 Å². The zero-order chi connectivity index (χ0) is 38.7. The molecular weight excluding hydrogens is 697 g/mol. The van der Waals surface area contributed by atoms with E-state index in [2.05, 4.69) is 13.2 Å². The van der Waals surface area contributed by atoms with Crippen molar-refractivity contribution in [1.82, 2.24) is 0 Å². The summed E-state index contributed by atoms with van der Waals surface area (Å²) in [5.74, 6) is -0.761. The molecular formula is C41H58NO10P. The molecule has 11 nitrogen and oxygen atoms in total. The Morgan fingerprint density at radius 1 is 0.623 bits per heavy atom. The number of ether oxygens (including phenoxy) is 2. The van der Waals surface area contributed by atoms with Crippen LogP contribution in [0.5, 0.6) is 0 Å². The van der Waals surface area contributed by atoms with Crippen LogP contribution in [0.15, 0.2) is 61.7 Å². The molecule has 0 fully saturated rings. The highest BCUT2D eigenvalue weighted by molar-refractivity contribution is 7.47. The number of unbranched alkanes of at least 4 members (excludes halogenated alkanes) is 10. The summed E-state index contributed by atoms with van der Waals surface area (Å²) >= 11 is 0. The molecule has 0 bridgehead atoms. The molecule has 292 valence electrons. The summed E-state index contributed by atoms with van der Waals surface area (Å²) in [5.41, 5.74) is 8.68. The Morgan fingerprint density at radius 3 is 1.47 bits per heavy atom. The van der Waals surface area contributed by atoms with E-state index in [1.165, 1.54) is 0 Å². The van der Waals surface area contributed by atoms with Crippen molar-refractivity contribution in [2.45, 2.75) is 109 Å². The number of hydrogen-bond donors (Lipinski definition) is 2. The van der Waals surface area contributed by atoms with Crippen LogP contribution in [0.3, 0.4) is 0 Å². The molecule has 2 atom stereocenters. The Bertz CT molecular complexity index is 1460. The SMILES string of the molecule is C=Cc1ccc(C(=O)CCCCCCCCC(=O)OC[C@H](COP(=O)(O)OCCN)OC(=O)CCCCCCCCC(=O)c2ccc(C=C)cc2)cc1. The van der Waals surface area contributed by atoms with E-state index in [1.807, 2.05) is 48.5 Å². The summed E-state index contributed by atoms with van der Waals surface area (Å²) in [7, 11) is -4.44. The Balaban J connectivity index is 1.62. The van der Waals surface area contributed by atoms with E-state index in [0.717, 1.165) is 75.3 Å². The molecule has 0 aromatic heterocycles. The summed E-state index contributed by atoms with van der Waals surface area (Å²) in [6.07, 6.45) is 13.6. The Hall–Kier alpha value is -3.73. The molecule has 3 N–H and O–H groups in total. The van der Waals surface area contributed by atoms with Gasteiger partial charge in [-0.3, -0.25) is 28.2 Å². The minimum absolute atomic E-state index is 0.0120. The van der Waals surface area contributed by atoms with Crippen LogP contribution in [0.25, 0.3) is 12.2 Å². The third-order valence-electron chi connectivity index (χ3n) is 8.53. The summed E-state index contributed by atoms with van der Waals surface area (Å²) in [6.45, 7) is 6.42. The fourth-order valence-electron chi connectivity index (χ4n) is 5.42. The molecule has 0 aliphatic carbocycles. The number of phosphoric ester groups is 1. The lowest BCUT2D eigenvalue weighted by atomic mass is 10.0. The van der Waals surface area contributed by atoms with Gasteiger partial charge in [-0.05, 0) is 36.8 Å². The molecule has 12 heteroatoms. The zero-order valence-electron chi connectivity index (χ0n) is 31.1. The number of hydrogen-bond acceptors (Lipinski definition) is 10. The number of carbonyl (C=O) groups is 4. The average molecular weight is 756 g/mol. The highest BCUT2D eigenvalue weighted by Gasteiger charge is 2.26. The molecule has 1 unspecified atom stereocenters. The van der Waals surface area contributed by atoms with Crippen LogP contribution in [-0.4, -0.2) is 60.9 Å². The van der Waals surface area contributed by atoms with E-state index in [0.29, 0.717) is 36.8 Å². The fraction of sp³-hybridized carbons (Fsp3) is 0.512. The molecule has 0 saturated carbocycles. The van der Waals surface area contributed by atoms with Crippen LogP contribution in [0.2, 0.25) is 0 Å². The van der Waals surface area contributed by atoms with Gasteiger partial charge in [0.15, 0.2) is 17.7 Å². The zero-order valence-corrected chi connectivity index (χ0v) is 31.9. The molecule has 0 aliphatic heterocycles. The fourth-order valence-corrected chi connectivity index (χ4v) is 6.19. The van der Waals surface area contributed by atoms with Gasteiger partial charge in [0.25, 0.3) is 0 Å². The van der Waals surface area contributed by atoms with Gasteiger partial charge in [0.05, 0.1) is 13.2 Å². The van der Waals surface area contributed by atoms with Gasteiger partial charge >= 0.3 is 19.8 Å².